The van der Waals surface area contributed by atoms with Crippen molar-refractivity contribution in [2.75, 3.05) is 7.11 Å². The number of benzene rings is 2. The standard InChI is InChI=1S/C26H26F2N4O2/c1-15-23(30)32-26(31-15)22-12-17(19-9-16(14-29)10-21(11-19)33-2)3-4-18(22)13-25(26)7-5-20(6-8-25)34-24(27)28/h3-4,9-12,20,24H,5-8,13H2,1-2H3,(H2,30,32). The van der Waals surface area contributed by atoms with Gasteiger partial charge in [0.25, 0.3) is 0 Å². The van der Waals surface area contributed by atoms with E-state index in [1.165, 1.54) is 0 Å². The van der Waals surface area contributed by atoms with Crippen LogP contribution in [0.4, 0.5) is 8.78 Å². The van der Waals surface area contributed by atoms with E-state index in [9.17, 15) is 14.0 Å². The van der Waals surface area contributed by atoms with Crippen molar-refractivity contribution in [1.82, 2.24) is 0 Å². The van der Waals surface area contributed by atoms with Gasteiger partial charge < -0.3 is 15.2 Å². The molecule has 2 spiro atoms. The lowest BCUT2D eigenvalue weighted by atomic mass is 9.65. The van der Waals surface area contributed by atoms with E-state index >= 15 is 0 Å². The Morgan fingerprint density at radius 2 is 1.88 bits per heavy atom. The zero-order chi connectivity index (χ0) is 24.1. The summed E-state index contributed by atoms with van der Waals surface area (Å²) in [7, 11) is 1.57. The molecule has 2 aromatic rings. The van der Waals surface area contributed by atoms with Gasteiger partial charge in [-0.3, -0.25) is 4.99 Å². The normalized spacial score (nSPS) is 27.6. The van der Waals surface area contributed by atoms with Gasteiger partial charge >= 0.3 is 6.61 Å². The highest BCUT2D eigenvalue weighted by atomic mass is 19.3. The minimum atomic E-state index is -2.77. The molecule has 34 heavy (non-hydrogen) atoms. The fourth-order valence-electron chi connectivity index (χ4n) is 5.84. The van der Waals surface area contributed by atoms with Crippen molar-refractivity contribution in [2.24, 2.45) is 21.1 Å². The van der Waals surface area contributed by atoms with Crippen LogP contribution in [-0.2, 0) is 16.8 Å². The molecule has 5 rings (SSSR count). The second kappa shape index (κ2) is 8.17. The number of alkyl halides is 2. The van der Waals surface area contributed by atoms with Gasteiger partial charge in [-0.15, -0.1) is 0 Å². The zero-order valence-electron chi connectivity index (χ0n) is 19.1. The summed E-state index contributed by atoms with van der Waals surface area (Å²) in [5, 5.41) is 9.44. The molecule has 1 fully saturated rings. The van der Waals surface area contributed by atoms with E-state index in [2.05, 4.69) is 18.2 Å². The van der Waals surface area contributed by atoms with Gasteiger partial charge in [-0.2, -0.15) is 14.0 Å². The number of nitrogens with two attached hydrogens (primary N) is 1. The van der Waals surface area contributed by atoms with E-state index < -0.39 is 18.4 Å². The molecule has 1 heterocycles. The maximum atomic E-state index is 12.8. The Hall–Kier alpha value is -3.31. The van der Waals surface area contributed by atoms with E-state index in [0.29, 0.717) is 48.5 Å². The van der Waals surface area contributed by atoms with Crippen LogP contribution >= 0.6 is 0 Å². The summed E-state index contributed by atoms with van der Waals surface area (Å²) in [5.41, 5.74) is 10.1. The third kappa shape index (κ3) is 3.46. The first-order chi connectivity index (χ1) is 16.3. The Balaban J connectivity index is 1.59. The molecular weight excluding hydrogens is 438 g/mol. The number of methoxy groups -OCH3 is 1. The fraction of sp³-hybridized carbons (Fsp3) is 0.423. The van der Waals surface area contributed by atoms with Crippen LogP contribution in [0.15, 0.2) is 46.4 Å². The van der Waals surface area contributed by atoms with Crippen molar-refractivity contribution >= 4 is 11.5 Å². The monoisotopic (exact) mass is 464 g/mol. The van der Waals surface area contributed by atoms with E-state index in [-0.39, 0.29) is 5.41 Å². The Morgan fingerprint density at radius 1 is 1.12 bits per heavy atom. The second-order valence-electron chi connectivity index (χ2n) is 9.35. The van der Waals surface area contributed by atoms with Crippen molar-refractivity contribution in [2.45, 2.75) is 57.4 Å². The molecule has 0 amide bonds. The van der Waals surface area contributed by atoms with E-state index in [4.69, 9.17) is 25.2 Å². The van der Waals surface area contributed by atoms with Gasteiger partial charge in [0.1, 0.15) is 11.6 Å². The largest absolute Gasteiger partial charge is 0.497 e. The van der Waals surface area contributed by atoms with E-state index in [1.54, 1.807) is 13.2 Å². The SMILES string of the molecule is COc1cc(C#N)cc(-c2ccc3c(c2)C2(N=C(C)C(N)=N2)C2(CCC(OC(F)F)CC2)C3)c1. The molecule has 6 nitrogen and oxygen atoms in total. The van der Waals surface area contributed by atoms with Gasteiger partial charge in [0.15, 0.2) is 5.66 Å². The predicted octanol–water partition coefficient (Wildman–Crippen LogP) is 4.94. The molecule has 1 aliphatic heterocycles. The minimum absolute atomic E-state index is 0.343. The van der Waals surface area contributed by atoms with Crippen molar-refractivity contribution in [3.05, 3.63) is 53.1 Å². The quantitative estimate of drug-likeness (QED) is 0.693. The lowest BCUT2D eigenvalue weighted by Gasteiger charge is -2.44. The highest BCUT2D eigenvalue weighted by Crippen LogP contribution is 2.62. The van der Waals surface area contributed by atoms with Crippen LogP contribution in [-0.4, -0.2) is 31.4 Å². The number of nitrogens with zero attached hydrogens (tertiary/aromatic N) is 3. The summed E-state index contributed by atoms with van der Waals surface area (Å²) in [6.45, 7) is -0.909. The number of nitriles is 1. The minimum Gasteiger partial charge on any atom is -0.497 e. The van der Waals surface area contributed by atoms with Gasteiger partial charge in [0.2, 0.25) is 0 Å². The Morgan fingerprint density at radius 3 is 2.50 bits per heavy atom. The van der Waals surface area contributed by atoms with Crippen molar-refractivity contribution in [3.8, 4) is 22.9 Å². The number of amidine groups is 1. The Bertz CT molecular complexity index is 1220. The van der Waals surface area contributed by atoms with Gasteiger partial charge in [-0.1, -0.05) is 12.1 Å². The fourth-order valence-corrected chi connectivity index (χ4v) is 5.84. The zero-order valence-corrected chi connectivity index (χ0v) is 19.1. The van der Waals surface area contributed by atoms with Crippen LogP contribution in [0.1, 0.15) is 49.3 Å². The number of rotatable bonds is 4. The maximum Gasteiger partial charge on any atom is 0.345 e. The van der Waals surface area contributed by atoms with Crippen LogP contribution in [0.5, 0.6) is 5.75 Å². The van der Waals surface area contributed by atoms with Gasteiger partial charge in [0.05, 0.1) is 30.6 Å². The third-order valence-corrected chi connectivity index (χ3v) is 7.53. The Labute approximate surface area is 197 Å². The van der Waals surface area contributed by atoms with E-state index in [1.807, 2.05) is 25.1 Å². The van der Waals surface area contributed by atoms with Gasteiger partial charge in [0, 0.05) is 11.0 Å². The number of fused-ring (bicyclic) bond motifs is 3. The van der Waals surface area contributed by atoms with Crippen molar-refractivity contribution < 1.29 is 18.3 Å². The lowest BCUT2D eigenvalue weighted by Crippen LogP contribution is -2.43. The maximum absolute atomic E-state index is 12.8. The predicted molar refractivity (Wildman–Crippen MR) is 125 cm³/mol. The number of hydrogen-bond acceptors (Lipinski definition) is 6. The summed E-state index contributed by atoms with van der Waals surface area (Å²) in [6.07, 6.45) is 2.67. The smallest absolute Gasteiger partial charge is 0.345 e. The first-order valence-corrected chi connectivity index (χ1v) is 11.4. The van der Waals surface area contributed by atoms with Gasteiger partial charge in [-0.05, 0) is 80.0 Å². The molecule has 2 N–H and O–H groups in total. The number of ether oxygens (including phenoxy) is 2. The molecule has 1 saturated carbocycles. The Kier molecular flexibility index (Phi) is 5.40. The number of halogens is 2. The topological polar surface area (TPSA) is 93.0 Å². The lowest BCUT2D eigenvalue weighted by molar-refractivity contribution is -0.177. The van der Waals surface area contributed by atoms with Gasteiger partial charge in [-0.25, -0.2) is 4.99 Å². The summed E-state index contributed by atoms with van der Waals surface area (Å²) in [6, 6.07) is 13.8. The van der Waals surface area contributed by atoms with Crippen LogP contribution in [0, 0.1) is 16.7 Å². The summed E-state index contributed by atoms with van der Waals surface area (Å²) in [4.78, 5) is 9.96. The molecule has 2 aromatic carbocycles. The molecule has 0 bridgehead atoms. The van der Waals surface area contributed by atoms with Crippen molar-refractivity contribution in [1.29, 1.82) is 5.26 Å². The average Bonchev–Trinajstić information content (AvgIpc) is 3.27. The summed E-state index contributed by atoms with van der Waals surface area (Å²) in [5.74, 6) is 1.02. The molecule has 0 saturated heterocycles. The second-order valence-corrected chi connectivity index (χ2v) is 9.35. The molecular formula is C26H26F2N4O2. The summed E-state index contributed by atoms with van der Waals surface area (Å²) >= 11 is 0. The number of aliphatic imine (C=N–C) groups is 2. The first-order valence-electron chi connectivity index (χ1n) is 11.4. The van der Waals surface area contributed by atoms with E-state index in [0.717, 1.165) is 28.7 Å². The molecule has 0 aromatic heterocycles. The van der Waals surface area contributed by atoms with Crippen LogP contribution in [0.2, 0.25) is 0 Å². The van der Waals surface area contributed by atoms with Crippen LogP contribution in [0.25, 0.3) is 11.1 Å². The average molecular weight is 465 g/mol. The summed E-state index contributed by atoms with van der Waals surface area (Å²) < 4.78 is 35.8. The number of hydrogen-bond donors (Lipinski definition) is 1. The van der Waals surface area contributed by atoms with Crippen LogP contribution < -0.4 is 10.5 Å². The van der Waals surface area contributed by atoms with Crippen LogP contribution in [0.3, 0.4) is 0 Å². The molecule has 1 unspecified atom stereocenters. The highest BCUT2D eigenvalue weighted by Gasteiger charge is 2.60. The molecule has 176 valence electrons. The van der Waals surface area contributed by atoms with Crippen molar-refractivity contribution in [3.63, 3.8) is 0 Å². The molecule has 2 aliphatic carbocycles. The molecule has 1 atom stereocenters. The first kappa shape index (κ1) is 22.5. The molecule has 3 aliphatic rings. The highest BCUT2D eigenvalue weighted by molar-refractivity contribution is 6.41. The molecule has 8 heteroatoms. The third-order valence-electron chi connectivity index (χ3n) is 7.53. The molecule has 0 radical (unpaired) electrons.